The average molecular weight is 264 g/mol. The molecule has 0 heterocycles. The van der Waals surface area contributed by atoms with Gasteiger partial charge in [0, 0.05) is 0 Å². The van der Waals surface area contributed by atoms with Gasteiger partial charge in [0.1, 0.15) is 24.2 Å². The van der Waals surface area contributed by atoms with Crippen molar-refractivity contribution in [1.82, 2.24) is 0 Å². The summed E-state index contributed by atoms with van der Waals surface area (Å²) in [5.74, 6) is 1.23. The van der Waals surface area contributed by atoms with E-state index < -0.39 is 0 Å². The van der Waals surface area contributed by atoms with Gasteiger partial charge in [-0.1, -0.05) is 6.07 Å². The van der Waals surface area contributed by atoms with Crippen molar-refractivity contribution in [2.75, 3.05) is 7.11 Å². The predicted octanol–water partition coefficient (Wildman–Crippen LogP) is 3.02. The molecule has 20 heavy (non-hydrogen) atoms. The van der Waals surface area contributed by atoms with Crippen LogP contribution in [0, 0.1) is 22.7 Å². The Balaban J connectivity index is 2.07. The molecule has 0 amide bonds. The normalized spacial score (nSPS) is 9.35. The highest BCUT2D eigenvalue weighted by Gasteiger charge is 2.04. The van der Waals surface area contributed by atoms with Gasteiger partial charge in [-0.15, -0.1) is 0 Å². The van der Waals surface area contributed by atoms with Crippen LogP contribution in [0.1, 0.15) is 16.7 Å². The number of nitriles is 2. The van der Waals surface area contributed by atoms with Crippen LogP contribution in [-0.2, 0) is 6.61 Å². The molecule has 2 rings (SSSR count). The summed E-state index contributed by atoms with van der Waals surface area (Å²) in [5, 5.41) is 17.7. The van der Waals surface area contributed by atoms with Crippen molar-refractivity contribution in [2.45, 2.75) is 6.61 Å². The zero-order valence-electron chi connectivity index (χ0n) is 11.0. The van der Waals surface area contributed by atoms with Crippen LogP contribution in [-0.4, -0.2) is 7.11 Å². The second-order valence-electron chi connectivity index (χ2n) is 4.07. The largest absolute Gasteiger partial charge is 0.495 e. The third-order valence-electron chi connectivity index (χ3n) is 2.77. The summed E-state index contributed by atoms with van der Waals surface area (Å²) in [6, 6.07) is 16.4. The van der Waals surface area contributed by atoms with Crippen molar-refractivity contribution in [3.8, 4) is 23.6 Å². The quantitative estimate of drug-likeness (QED) is 0.851. The number of methoxy groups -OCH3 is 1. The van der Waals surface area contributed by atoms with E-state index in [1.807, 2.05) is 6.07 Å². The van der Waals surface area contributed by atoms with E-state index in [0.717, 1.165) is 5.56 Å². The van der Waals surface area contributed by atoms with Gasteiger partial charge in [0.25, 0.3) is 0 Å². The van der Waals surface area contributed by atoms with Gasteiger partial charge in [-0.25, -0.2) is 0 Å². The van der Waals surface area contributed by atoms with Crippen molar-refractivity contribution in [1.29, 1.82) is 10.5 Å². The second kappa shape index (κ2) is 6.26. The van der Waals surface area contributed by atoms with Crippen LogP contribution in [0.2, 0.25) is 0 Å². The lowest BCUT2D eigenvalue weighted by Crippen LogP contribution is -1.97. The Labute approximate surface area is 117 Å². The van der Waals surface area contributed by atoms with E-state index >= 15 is 0 Å². The number of benzene rings is 2. The smallest absolute Gasteiger partial charge is 0.136 e. The first-order valence-electron chi connectivity index (χ1n) is 5.97. The Kier molecular flexibility index (Phi) is 4.21. The summed E-state index contributed by atoms with van der Waals surface area (Å²) in [4.78, 5) is 0. The third-order valence-corrected chi connectivity index (χ3v) is 2.77. The third kappa shape index (κ3) is 3.07. The number of nitrogens with zero attached hydrogens (tertiary/aromatic N) is 2. The van der Waals surface area contributed by atoms with E-state index in [2.05, 4.69) is 12.1 Å². The molecule has 98 valence electrons. The van der Waals surface area contributed by atoms with Crippen molar-refractivity contribution >= 4 is 0 Å². The van der Waals surface area contributed by atoms with Gasteiger partial charge in [-0.2, -0.15) is 10.5 Å². The number of hydrogen-bond acceptors (Lipinski definition) is 4. The molecule has 0 unspecified atom stereocenters. The molecule has 0 radical (unpaired) electrons. The molecule has 0 aliphatic carbocycles. The van der Waals surface area contributed by atoms with Crippen LogP contribution in [0.5, 0.6) is 11.5 Å². The highest BCUT2D eigenvalue weighted by molar-refractivity contribution is 5.45. The number of ether oxygens (including phenoxy) is 2. The van der Waals surface area contributed by atoms with Gasteiger partial charge in [-0.05, 0) is 42.0 Å². The van der Waals surface area contributed by atoms with Crippen LogP contribution in [0.4, 0.5) is 0 Å². The lowest BCUT2D eigenvalue weighted by atomic mass is 10.1. The van der Waals surface area contributed by atoms with Gasteiger partial charge < -0.3 is 9.47 Å². The van der Waals surface area contributed by atoms with E-state index in [9.17, 15) is 0 Å². The zero-order chi connectivity index (χ0) is 14.4. The summed E-state index contributed by atoms with van der Waals surface area (Å²) in [6.45, 7) is 0.352. The van der Waals surface area contributed by atoms with Gasteiger partial charge in [0.2, 0.25) is 0 Å². The molecule has 0 saturated heterocycles. The van der Waals surface area contributed by atoms with Crippen molar-refractivity contribution in [3.05, 3.63) is 59.2 Å². The summed E-state index contributed by atoms with van der Waals surface area (Å²) in [6.07, 6.45) is 0. The molecule has 2 aromatic carbocycles. The number of hydrogen-bond donors (Lipinski definition) is 0. The van der Waals surface area contributed by atoms with E-state index in [0.29, 0.717) is 29.2 Å². The first kappa shape index (κ1) is 13.5. The van der Waals surface area contributed by atoms with E-state index in [1.165, 1.54) is 7.11 Å². The zero-order valence-corrected chi connectivity index (χ0v) is 11.0. The van der Waals surface area contributed by atoms with Crippen LogP contribution >= 0.6 is 0 Å². The minimum absolute atomic E-state index is 0.352. The lowest BCUT2D eigenvalue weighted by molar-refractivity contribution is 0.306. The Hall–Kier alpha value is -2.98. The maximum atomic E-state index is 9.02. The van der Waals surface area contributed by atoms with Crippen molar-refractivity contribution < 1.29 is 9.47 Å². The van der Waals surface area contributed by atoms with Crippen molar-refractivity contribution in [2.24, 2.45) is 0 Å². The molecular weight excluding hydrogens is 252 g/mol. The van der Waals surface area contributed by atoms with Gasteiger partial charge >= 0.3 is 0 Å². The second-order valence-corrected chi connectivity index (χ2v) is 4.07. The highest BCUT2D eigenvalue weighted by atomic mass is 16.5. The molecule has 4 heteroatoms. The summed E-state index contributed by atoms with van der Waals surface area (Å²) < 4.78 is 10.7. The first-order chi connectivity index (χ1) is 9.76. The monoisotopic (exact) mass is 264 g/mol. The standard InChI is InChI=1S/C16H12N2O2/c1-19-16-7-4-13(8-14(16)10-18)11-20-15-5-2-12(9-17)3-6-15/h2-8H,11H2,1H3. The van der Waals surface area contributed by atoms with Gasteiger partial charge in [0.05, 0.1) is 24.3 Å². The minimum Gasteiger partial charge on any atom is -0.495 e. The lowest BCUT2D eigenvalue weighted by Gasteiger charge is -2.08. The van der Waals surface area contributed by atoms with Crippen molar-refractivity contribution in [3.63, 3.8) is 0 Å². The molecule has 2 aromatic rings. The molecule has 0 aromatic heterocycles. The molecule has 0 atom stereocenters. The summed E-state index contributed by atoms with van der Waals surface area (Å²) in [7, 11) is 1.53. The molecule has 4 nitrogen and oxygen atoms in total. The van der Waals surface area contributed by atoms with Crippen LogP contribution in [0.25, 0.3) is 0 Å². The Morgan fingerprint density at radius 2 is 1.75 bits per heavy atom. The Morgan fingerprint density at radius 3 is 2.35 bits per heavy atom. The Bertz CT molecular complexity index is 679. The molecule has 0 N–H and O–H groups in total. The summed E-state index contributed by atoms with van der Waals surface area (Å²) >= 11 is 0. The maximum absolute atomic E-state index is 9.02. The topological polar surface area (TPSA) is 66.0 Å². The minimum atomic E-state index is 0.352. The molecule has 0 aliphatic rings. The number of rotatable bonds is 4. The van der Waals surface area contributed by atoms with Crippen LogP contribution in [0.15, 0.2) is 42.5 Å². The fourth-order valence-corrected chi connectivity index (χ4v) is 1.72. The molecule has 0 aliphatic heterocycles. The fraction of sp³-hybridized carbons (Fsp3) is 0.125. The van der Waals surface area contributed by atoms with E-state index in [-0.39, 0.29) is 0 Å². The fourth-order valence-electron chi connectivity index (χ4n) is 1.72. The first-order valence-corrected chi connectivity index (χ1v) is 5.97. The average Bonchev–Trinajstić information content (AvgIpc) is 2.53. The van der Waals surface area contributed by atoms with Crippen LogP contribution in [0.3, 0.4) is 0 Å². The van der Waals surface area contributed by atoms with Crippen LogP contribution < -0.4 is 9.47 Å². The molecular formula is C16H12N2O2. The van der Waals surface area contributed by atoms with E-state index in [4.69, 9.17) is 20.0 Å². The SMILES string of the molecule is COc1ccc(COc2ccc(C#N)cc2)cc1C#N. The van der Waals surface area contributed by atoms with Gasteiger partial charge in [0.15, 0.2) is 0 Å². The van der Waals surface area contributed by atoms with Gasteiger partial charge in [-0.3, -0.25) is 0 Å². The molecule has 0 bridgehead atoms. The predicted molar refractivity (Wildman–Crippen MR) is 73.2 cm³/mol. The van der Waals surface area contributed by atoms with E-state index in [1.54, 1.807) is 36.4 Å². The molecule has 0 fully saturated rings. The Morgan fingerprint density at radius 1 is 1.00 bits per heavy atom. The maximum Gasteiger partial charge on any atom is 0.136 e. The summed E-state index contributed by atoms with van der Waals surface area (Å²) in [5.41, 5.74) is 1.95. The molecule has 0 spiro atoms. The molecule has 0 saturated carbocycles. The highest BCUT2D eigenvalue weighted by Crippen LogP contribution is 2.20.